The summed E-state index contributed by atoms with van der Waals surface area (Å²) < 4.78 is 21.4. The van der Waals surface area contributed by atoms with Gasteiger partial charge in [0.2, 0.25) is 5.09 Å². The third-order valence-corrected chi connectivity index (χ3v) is 6.43. The van der Waals surface area contributed by atoms with E-state index in [0.717, 1.165) is 5.39 Å². The third kappa shape index (κ3) is 4.32. The molecule has 29 heavy (non-hydrogen) atoms. The van der Waals surface area contributed by atoms with Crippen molar-refractivity contribution in [2.24, 2.45) is 0 Å². The molecule has 4 rings (SSSR count). The highest BCUT2D eigenvalue weighted by Gasteiger charge is 2.16. The first kappa shape index (κ1) is 19.6. The highest BCUT2D eigenvalue weighted by Crippen LogP contribution is 2.37. The van der Waals surface area contributed by atoms with E-state index >= 15 is 0 Å². The van der Waals surface area contributed by atoms with Gasteiger partial charge in [-0.1, -0.05) is 53.7 Å². The van der Waals surface area contributed by atoms with Gasteiger partial charge in [-0.15, -0.1) is 0 Å². The Morgan fingerprint density at radius 3 is 2.55 bits per heavy atom. The van der Waals surface area contributed by atoms with E-state index < -0.39 is 17.0 Å². The number of para-hydroxylation sites is 1. The van der Waals surface area contributed by atoms with Gasteiger partial charge in [0, 0.05) is 26.3 Å². The van der Waals surface area contributed by atoms with Gasteiger partial charge in [-0.3, -0.25) is 4.72 Å². The average molecular weight is 444 g/mol. The third-order valence-electron chi connectivity index (χ3n) is 4.07. The van der Waals surface area contributed by atoms with Crippen LogP contribution in [-0.2, 0) is 11.0 Å². The first-order chi connectivity index (χ1) is 14.0. The number of carboxylic acids is 1. The molecule has 3 aromatic carbocycles. The Morgan fingerprint density at radius 1 is 1.00 bits per heavy atom. The summed E-state index contributed by atoms with van der Waals surface area (Å²) in [5.41, 5.74) is 1.35. The van der Waals surface area contributed by atoms with Gasteiger partial charge in [-0.2, -0.15) is 0 Å². The summed E-state index contributed by atoms with van der Waals surface area (Å²) >= 11 is 7.38. The first-order valence-electron chi connectivity index (χ1n) is 8.48. The lowest BCUT2D eigenvalue weighted by Crippen LogP contribution is -2.05. The molecule has 1 unspecified atom stereocenters. The maximum Gasteiger partial charge on any atom is 0.336 e. The second kappa shape index (κ2) is 8.32. The SMILES string of the molecule is O=C(O)c1ccccc1Sc1ccc(Cl)cc1NS(=O)c1cc2ccccc2o1. The van der Waals surface area contributed by atoms with Crippen molar-refractivity contribution in [3.8, 4) is 0 Å². The molecule has 146 valence electrons. The molecule has 0 spiro atoms. The lowest BCUT2D eigenvalue weighted by Gasteiger charge is -2.12. The van der Waals surface area contributed by atoms with Crippen molar-refractivity contribution in [1.29, 1.82) is 0 Å². The molecule has 0 amide bonds. The molecule has 0 aliphatic heterocycles. The zero-order valence-electron chi connectivity index (χ0n) is 14.8. The number of rotatable bonds is 6. The number of halogens is 1. The van der Waals surface area contributed by atoms with Crippen LogP contribution in [0.25, 0.3) is 11.0 Å². The highest BCUT2D eigenvalue weighted by atomic mass is 35.5. The van der Waals surface area contributed by atoms with Crippen LogP contribution >= 0.6 is 23.4 Å². The Balaban J connectivity index is 1.65. The molecule has 0 bridgehead atoms. The standard InChI is InChI=1S/C21H14ClNO4S2/c22-14-9-10-19(28-18-8-4-2-6-15(18)21(24)25)16(12-14)23-29(26)20-11-13-5-1-3-7-17(13)27-20/h1-12,23H,(H,24,25). The van der Waals surface area contributed by atoms with Crippen LogP contribution in [0, 0.1) is 0 Å². The monoisotopic (exact) mass is 443 g/mol. The topological polar surface area (TPSA) is 79.5 Å². The molecule has 0 fully saturated rings. The van der Waals surface area contributed by atoms with Crippen molar-refractivity contribution in [2.45, 2.75) is 14.9 Å². The number of anilines is 1. The molecule has 1 heterocycles. The quantitative estimate of drug-likeness (QED) is 0.378. The summed E-state index contributed by atoms with van der Waals surface area (Å²) in [7, 11) is -1.66. The van der Waals surface area contributed by atoms with Crippen molar-refractivity contribution < 1.29 is 18.5 Å². The number of furan rings is 1. The minimum atomic E-state index is -1.66. The molecule has 0 aliphatic rings. The van der Waals surface area contributed by atoms with Crippen LogP contribution in [-0.4, -0.2) is 15.3 Å². The number of aromatic carboxylic acids is 1. The fourth-order valence-electron chi connectivity index (χ4n) is 2.72. The molecule has 0 saturated heterocycles. The number of hydrogen-bond acceptors (Lipinski definition) is 4. The Bertz CT molecular complexity index is 1210. The maximum absolute atomic E-state index is 12.8. The van der Waals surface area contributed by atoms with Gasteiger partial charge in [-0.05, 0) is 36.4 Å². The van der Waals surface area contributed by atoms with Crippen LogP contribution in [0.15, 0.2) is 92.1 Å². The summed E-state index contributed by atoms with van der Waals surface area (Å²) in [6, 6.07) is 20.9. The van der Waals surface area contributed by atoms with Crippen molar-refractivity contribution >= 4 is 57.0 Å². The normalized spacial score (nSPS) is 12.0. The number of benzene rings is 3. The van der Waals surface area contributed by atoms with Crippen molar-refractivity contribution in [3.63, 3.8) is 0 Å². The summed E-state index contributed by atoms with van der Waals surface area (Å²) in [5.74, 6) is -1.01. The van der Waals surface area contributed by atoms with Gasteiger partial charge in [0.05, 0.1) is 11.3 Å². The summed E-state index contributed by atoms with van der Waals surface area (Å²) in [4.78, 5) is 12.7. The molecule has 0 radical (unpaired) electrons. The van der Waals surface area contributed by atoms with Crippen molar-refractivity contribution in [3.05, 3.63) is 83.4 Å². The van der Waals surface area contributed by atoms with E-state index in [-0.39, 0.29) is 10.7 Å². The molecular weight excluding hydrogens is 430 g/mol. The second-order valence-corrected chi connectivity index (χ2v) is 8.68. The smallest absolute Gasteiger partial charge is 0.336 e. The molecule has 2 N–H and O–H groups in total. The van der Waals surface area contributed by atoms with Gasteiger partial charge in [0.15, 0.2) is 11.0 Å². The molecule has 4 aromatic rings. The van der Waals surface area contributed by atoms with Gasteiger partial charge in [0.1, 0.15) is 5.58 Å². The molecule has 0 aliphatic carbocycles. The van der Waals surface area contributed by atoms with Gasteiger partial charge >= 0.3 is 5.97 Å². The first-order valence-corrected chi connectivity index (χ1v) is 10.8. The summed E-state index contributed by atoms with van der Waals surface area (Å²) in [6.07, 6.45) is 0. The number of carbonyl (C=O) groups is 1. The largest absolute Gasteiger partial charge is 0.478 e. The van der Waals surface area contributed by atoms with E-state index in [0.29, 0.717) is 26.1 Å². The van der Waals surface area contributed by atoms with E-state index in [1.807, 2.05) is 18.2 Å². The second-order valence-electron chi connectivity index (χ2n) is 6.02. The van der Waals surface area contributed by atoms with E-state index in [2.05, 4.69) is 4.72 Å². The summed E-state index contributed by atoms with van der Waals surface area (Å²) in [5, 5.41) is 11.0. The van der Waals surface area contributed by atoms with E-state index in [1.54, 1.807) is 54.6 Å². The Kier molecular flexibility index (Phi) is 5.62. The number of hydrogen-bond donors (Lipinski definition) is 2. The maximum atomic E-state index is 12.8. The van der Waals surface area contributed by atoms with E-state index in [1.165, 1.54) is 11.8 Å². The highest BCUT2D eigenvalue weighted by molar-refractivity contribution is 7.99. The van der Waals surface area contributed by atoms with Crippen LogP contribution in [0.4, 0.5) is 5.69 Å². The predicted molar refractivity (Wildman–Crippen MR) is 115 cm³/mol. The summed E-state index contributed by atoms with van der Waals surface area (Å²) in [6.45, 7) is 0. The van der Waals surface area contributed by atoms with Crippen LogP contribution in [0.2, 0.25) is 5.02 Å². The lowest BCUT2D eigenvalue weighted by atomic mass is 10.2. The van der Waals surface area contributed by atoms with Crippen LogP contribution in [0.1, 0.15) is 10.4 Å². The minimum Gasteiger partial charge on any atom is -0.478 e. The van der Waals surface area contributed by atoms with Gasteiger partial charge < -0.3 is 9.52 Å². The molecule has 0 saturated carbocycles. The van der Waals surface area contributed by atoms with Crippen LogP contribution in [0.3, 0.4) is 0 Å². The lowest BCUT2D eigenvalue weighted by molar-refractivity contribution is 0.0693. The Labute approximate surface area is 178 Å². The van der Waals surface area contributed by atoms with Crippen LogP contribution < -0.4 is 4.72 Å². The molecule has 8 heteroatoms. The number of carboxylic acid groups (broad SMARTS) is 1. The molecular formula is C21H14ClNO4S2. The molecule has 5 nitrogen and oxygen atoms in total. The molecule has 1 aromatic heterocycles. The van der Waals surface area contributed by atoms with E-state index in [9.17, 15) is 14.1 Å². The average Bonchev–Trinajstić information content (AvgIpc) is 3.15. The van der Waals surface area contributed by atoms with Crippen molar-refractivity contribution in [1.82, 2.24) is 0 Å². The van der Waals surface area contributed by atoms with Crippen LogP contribution in [0.5, 0.6) is 0 Å². The minimum absolute atomic E-state index is 0.191. The number of nitrogens with one attached hydrogen (secondary N) is 1. The Morgan fingerprint density at radius 2 is 1.76 bits per heavy atom. The van der Waals surface area contributed by atoms with Crippen molar-refractivity contribution in [2.75, 3.05) is 4.72 Å². The van der Waals surface area contributed by atoms with Gasteiger partial charge in [0.25, 0.3) is 0 Å². The Hall–Kier alpha value is -2.74. The zero-order valence-corrected chi connectivity index (χ0v) is 17.2. The fraction of sp³-hybridized carbons (Fsp3) is 0. The number of fused-ring (bicyclic) bond motifs is 1. The fourth-order valence-corrected chi connectivity index (χ4v) is 4.83. The molecule has 1 atom stereocenters. The van der Waals surface area contributed by atoms with E-state index in [4.69, 9.17) is 16.0 Å². The predicted octanol–water partition coefficient (Wildman–Crippen LogP) is 6.07. The van der Waals surface area contributed by atoms with Gasteiger partial charge in [-0.25, -0.2) is 9.00 Å². The zero-order chi connectivity index (χ0) is 20.4.